The van der Waals surface area contributed by atoms with Crippen LogP contribution in [0.25, 0.3) is 0 Å². The van der Waals surface area contributed by atoms with Gasteiger partial charge in [-0.1, -0.05) is 36.5 Å². The first-order chi connectivity index (χ1) is 42.1. The first-order valence-corrected chi connectivity index (χ1v) is 30.1. The highest BCUT2D eigenvalue weighted by atomic mass is 16.6. The smallest absolute Gasteiger partial charge is 0.338 e. The molecule has 0 aromatic rings. The number of ether oxygens (including phenoxy) is 2. The number of esters is 3. The minimum atomic E-state index is -1.26. The van der Waals surface area contributed by atoms with Crippen molar-refractivity contribution >= 4 is 71.3 Å². The number of methoxy groups -OCH3 is 1. The maximum Gasteiger partial charge on any atom is 0.338 e. The van der Waals surface area contributed by atoms with E-state index in [0.717, 1.165) is 83.3 Å². The van der Waals surface area contributed by atoms with Gasteiger partial charge in [-0.05, 0) is 146 Å². The molecule has 8 saturated carbocycles. The van der Waals surface area contributed by atoms with Gasteiger partial charge in [-0.25, -0.2) is 28.8 Å². The van der Waals surface area contributed by atoms with Gasteiger partial charge < -0.3 is 56.4 Å². The molecule has 10 bridgehead atoms. The Morgan fingerprint density at radius 3 is 1.26 bits per heavy atom. The zero-order chi connectivity index (χ0) is 63.8. The Hall–Kier alpha value is -7.62. The summed E-state index contributed by atoms with van der Waals surface area (Å²) in [5, 5.41) is 57.9. The number of rotatable bonds is 11. The molecule has 2 saturated heterocycles. The zero-order valence-corrected chi connectivity index (χ0v) is 49.2. The molecule has 0 spiro atoms. The van der Waals surface area contributed by atoms with E-state index in [4.69, 9.17) is 41.5 Å². The summed E-state index contributed by atoms with van der Waals surface area (Å²) in [7, 11) is 1.18. The first-order valence-electron chi connectivity index (χ1n) is 30.1. The standard InChI is InChI=1S/C16H21NO3.C16H19NO3.C10H12.C6H7NO3.C5H6O4.C4H4O4.C4H2O3.C2H7NO.H2O/c2*18-4-3-17-15(19)13-9-6-10(14(13)16(17)20)12-8-2-1-7(5-8)11(9)12;1-2-9-7-4-5-8(6-7)10(9)3-1;8-4-3-7-5(9)1-2-6(7)10;1-9-5(8)3-2-4(6)7;5-3(6)1-2-4(7)8;5-3-1-2-4(6)7-3;3-1-2-4;/h7-14,18H,1-6H2;1-2,7-14,18H,3-6H2;1-2,4-5,7-10H,3,6H2;1-2,8H,3-4H2;2-3H,1H3,(H,6,7);1-2H,(H,5,6)(H,7,8);1-2H;4H,1-3H2;1H2/b;;;;3-2-;2-1-;;;. The molecule has 20 unspecified atom stereocenters. The van der Waals surface area contributed by atoms with Gasteiger partial charge in [0.05, 0.1) is 76.8 Å². The first kappa shape index (κ1) is 68.9. The summed E-state index contributed by atoms with van der Waals surface area (Å²) in [4.78, 5) is 134. The lowest BCUT2D eigenvalue weighted by Gasteiger charge is -2.38. The molecule has 15 rings (SSSR count). The predicted octanol–water partition coefficient (Wildman–Crippen LogP) is 0.0988. The fourth-order valence-corrected chi connectivity index (χ4v) is 17.9. The Kier molecular flexibility index (Phi) is 23.4. The van der Waals surface area contributed by atoms with Crippen LogP contribution in [0.5, 0.6) is 0 Å². The minimum absolute atomic E-state index is 0. The highest BCUT2D eigenvalue weighted by Gasteiger charge is 2.72. The summed E-state index contributed by atoms with van der Waals surface area (Å²) >= 11 is 0. The molecule has 26 heteroatoms. The monoisotopic (exact) mass is 1240 g/mol. The van der Waals surface area contributed by atoms with Crippen LogP contribution < -0.4 is 5.73 Å². The van der Waals surface area contributed by atoms with Crippen molar-refractivity contribution < 1.29 is 108 Å². The number of allylic oxidation sites excluding steroid dienone is 6. The van der Waals surface area contributed by atoms with Gasteiger partial charge in [0.15, 0.2) is 0 Å². The van der Waals surface area contributed by atoms with Gasteiger partial charge in [0, 0.05) is 55.2 Å². The lowest BCUT2D eigenvalue weighted by molar-refractivity contribution is -0.150. The average Bonchev–Trinajstić information content (AvgIpc) is 1.53. The van der Waals surface area contributed by atoms with E-state index in [9.17, 15) is 57.5 Å². The number of aliphatic hydroxyl groups excluding tert-OH is 4. The van der Waals surface area contributed by atoms with Crippen LogP contribution in [-0.2, 0) is 67.0 Å². The van der Waals surface area contributed by atoms with Gasteiger partial charge in [-0.3, -0.25) is 43.5 Å². The highest BCUT2D eigenvalue weighted by molar-refractivity contribution is 6.13. The Bertz CT molecular complexity index is 2830. The van der Waals surface area contributed by atoms with Crippen LogP contribution in [0.3, 0.4) is 0 Å². The number of aliphatic carboxylic acids is 3. The quantitative estimate of drug-likeness (QED) is 0.0340. The summed E-state index contributed by atoms with van der Waals surface area (Å²) in [6.07, 6.45) is 32.0. The van der Waals surface area contributed by atoms with E-state index in [1.165, 1.54) is 67.6 Å². The van der Waals surface area contributed by atoms with Crippen LogP contribution in [0.1, 0.15) is 51.4 Å². The Morgan fingerprint density at radius 1 is 0.506 bits per heavy atom. The van der Waals surface area contributed by atoms with Gasteiger partial charge in [-0.2, -0.15) is 0 Å². The minimum Gasteiger partial charge on any atom is -0.478 e. The van der Waals surface area contributed by atoms with E-state index in [1.54, 1.807) is 0 Å². The normalized spacial score (nSPS) is 36.1. The summed E-state index contributed by atoms with van der Waals surface area (Å²) in [6, 6.07) is 0. The number of amides is 6. The molecule has 15 aliphatic rings. The number of nitrogens with two attached hydrogens (primary N) is 1. The molecule has 484 valence electrons. The van der Waals surface area contributed by atoms with E-state index >= 15 is 0 Å². The summed E-state index contributed by atoms with van der Waals surface area (Å²) < 4.78 is 8.08. The summed E-state index contributed by atoms with van der Waals surface area (Å²) in [6.45, 7) is 0.539. The number of carbonyl (C=O) groups excluding carboxylic acids is 9. The average molecular weight is 1250 g/mol. The number of carboxylic acids is 3. The summed E-state index contributed by atoms with van der Waals surface area (Å²) in [5.41, 5.74) is 4.78. The van der Waals surface area contributed by atoms with Crippen molar-refractivity contribution in [3.05, 3.63) is 85.1 Å². The number of hydrogen-bond acceptors (Lipinski definition) is 19. The third kappa shape index (κ3) is 14.4. The number of β-amino-alcohol motifs (C(OH)–C–C–N with tert-alkyl or cyclic N) is 3. The topological polar surface area (TPSA) is 432 Å². The van der Waals surface area contributed by atoms with Crippen LogP contribution in [0.2, 0.25) is 0 Å². The fourth-order valence-electron chi connectivity index (χ4n) is 17.9. The lowest BCUT2D eigenvalue weighted by atomic mass is 9.64. The van der Waals surface area contributed by atoms with Gasteiger partial charge in [0.25, 0.3) is 11.8 Å². The maximum atomic E-state index is 12.6. The van der Waals surface area contributed by atoms with Crippen LogP contribution in [-0.4, -0.2) is 187 Å². The van der Waals surface area contributed by atoms with Crippen molar-refractivity contribution in [2.24, 2.45) is 124 Å². The molecular weight excluding hydrogens is 1160 g/mol. The third-order valence-electron chi connectivity index (χ3n) is 20.5. The largest absolute Gasteiger partial charge is 0.478 e. The molecule has 4 aliphatic heterocycles. The Balaban J connectivity index is 0.000000152. The van der Waals surface area contributed by atoms with Gasteiger partial charge >= 0.3 is 35.8 Å². The number of imide groups is 3. The molecule has 20 atom stereocenters. The van der Waals surface area contributed by atoms with Crippen molar-refractivity contribution in [3.8, 4) is 0 Å². The van der Waals surface area contributed by atoms with Gasteiger partial charge in [-0.15, -0.1) is 0 Å². The van der Waals surface area contributed by atoms with Crippen molar-refractivity contribution in [2.75, 3.05) is 59.7 Å². The molecular formula is C63H80N4O22. The zero-order valence-electron chi connectivity index (χ0n) is 49.2. The molecule has 11 aliphatic carbocycles. The van der Waals surface area contributed by atoms with Crippen molar-refractivity contribution in [3.63, 3.8) is 0 Å². The molecule has 0 aromatic carbocycles. The molecule has 0 aromatic heterocycles. The number of likely N-dealkylation sites (tertiary alicyclic amines) is 2. The van der Waals surface area contributed by atoms with Gasteiger partial charge in [0.2, 0.25) is 23.6 Å². The second-order valence-electron chi connectivity index (χ2n) is 24.5. The molecule has 6 amide bonds. The second kappa shape index (κ2) is 30.3. The number of carboxylic acid groups (broad SMARTS) is 3. The number of cyclic esters (lactones) is 2. The predicted molar refractivity (Wildman–Crippen MR) is 308 cm³/mol. The number of aliphatic hydroxyl groups is 4. The van der Waals surface area contributed by atoms with E-state index in [2.05, 4.69) is 45.9 Å². The second-order valence-corrected chi connectivity index (χ2v) is 24.5. The number of carbonyl (C=O) groups is 12. The van der Waals surface area contributed by atoms with Crippen LogP contribution in [0.4, 0.5) is 0 Å². The van der Waals surface area contributed by atoms with E-state index in [-0.39, 0.29) is 111 Å². The highest BCUT2D eigenvalue weighted by Crippen LogP contribution is 2.72. The Labute approximate surface area is 512 Å². The van der Waals surface area contributed by atoms with E-state index < -0.39 is 35.8 Å². The van der Waals surface area contributed by atoms with Crippen molar-refractivity contribution in [2.45, 2.75) is 51.4 Å². The molecule has 26 nitrogen and oxygen atoms in total. The van der Waals surface area contributed by atoms with Crippen LogP contribution >= 0.6 is 0 Å². The molecule has 10 fully saturated rings. The summed E-state index contributed by atoms with van der Waals surface area (Å²) in [5.74, 6) is 5.12. The van der Waals surface area contributed by atoms with Crippen LogP contribution in [0, 0.1) is 118 Å². The van der Waals surface area contributed by atoms with E-state index in [1.807, 2.05) is 0 Å². The molecule has 89 heavy (non-hydrogen) atoms. The Morgan fingerprint density at radius 2 is 0.888 bits per heavy atom. The SMILES string of the molecule is C1=CC2C3C=CC(C3)C2C1.COC(=O)/C=C\C(=O)O.NCCO.O.O=C(O)/C=C\C(=O)O.O=C1C2C3CC(C2C(=O)N1CCO)C1C2C=CC(C2)C31.O=C1C2C3CC(C2C(=O)N1CCO)C1C2CCC(C2)C31.O=C1C=CC(=O)N1CCO.O=C1C=CC(=O)O1. The third-order valence-corrected chi connectivity index (χ3v) is 20.5. The number of nitrogens with zero attached hydrogens (tertiary/aromatic N) is 3. The van der Waals surface area contributed by atoms with Crippen LogP contribution in [0.15, 0.2) is 85.1 Å². The molecule has 11 N–H and O–H groups in total. The number of hydrogen-bond donors (Lipinski definition) is 8. The molecule has 4 heterocycles. The maximum absolute atomic E-state index is 12.6. The number of fused-ring (bicyclic) bond motifs is 29. The fraction of sp³-hybridized carbons (Fsp3) is 0.587. The van der Waals surface area contributed by atoms with E-state index in [0.29, 0.717) is 72.1 Å². The molecule has 0 radical (unpaired) electrons. The lowest BCUT2D eigenvalue weighted by Crippen LogP contribution is -2.39. The van der Waals surface area contributed by atoms with Gasteiger partial charge in [0.1, 0.15) is 0 Å². The van der Waals surface area contributed by atoms with Crippen molar-refractivity contribution in [1.82, 2.24) is 14.7 Å². The van der Waals surface area contributed by atoms with Crippen molar-refractivity contribution in [1.29, 1.82) is 0 Å².